The van der Waals surface area contributed by atoms with Crippen LogP contribution in [0.1, 0.15) is 249 Å². The minimum absolute atomic E-state index is 0.0972. The Balaban J connectivity index is 1.59. The Labute approximate surface area is 363 Å². The lowest BCUT2D eigenvalue weighted by Gasteiger charge is -2.40. The number of hydrogen-bond donors (Lipinski definition) is 2. The summed E-state index contributed by atoms with van der Waals surface area (Å²) in [5.74, 6) is -1.72. The number of amides is 4. The standard InChI is InChI=1S/C52H82N2O6/c1-5-9-13-17-21-25-33-51(39-55,34-26-22-18-14-10-6-2)37-53-47(57)41-29-31-43-46-44(32-30-42(45(41)46)48(53)58)50(60)54(49(43)59)38-52(40-56,35-27-23-19-15-11-7-3)36-28-24-20-16-12-8-4/h29-32,55-56H,5-28,33-40H2,1-4H3. The number of benzene rings is 2. The molecule has 8 nitrogen and oxygen atoms in total. The lowest BCUT2D eigenvalue weighted by Crippen LogP contribution is -2.50. The lowest BCUT2D eigenvalue weighted by molar-refractivity contribution is 0.0337. The summed E-state index contributed by atoms with van der Waals surface area (Å²) in [6, 6.07) is 6.64. The molecule has 0 fully saturated rings. The Hall–Kier alpha value is -3.10. The Morgan fingerprint density at radius 3 is 0.800 bits per heavy atom. The molecule has 0 aliphatic carbocycles. The lowest BCUT2D eigenvalue weighted by atomic mass is 9.76. The van der Waals surface area contributed by atoms with E-state index in [0.29, 0.717) is 33.0 Å². The van der Waals surface area contributed by atoms with Crippen LogP contribution in [0.2, 0.25) is 0 Å². The van der Waals surface area contributed by atoms with Gasteiger partial charge in [0.2, 0.25) is 0 Å². The third kappa shape index (κ3) is 13.0. The van der Waals surface area contributed by atoms with Gasteiger partial charge in [0, 0.05) is 56.9 Å². The highest BCUT2D eigenvalue weighted by Crippen LogP contribution is 2.42. The minimum atomic E-state index is -0.598. The predicted octanol–water partition coefficient (Wildman–Crippen LogP) is 13.0. The molecule has 2 N–H and O–H groups in total. The van der Waals surface area contributed by atoms with Gasteiger partial charge >= 0.3 is 0 Å². The zero-order valence-corrected chi connectivity index (χ0v) is 38.4. The summed E-state index contributed by atoms with van der Waals surface area (Å²) in [5, 5.41) is 22.8. The number of aliphatic hydroxyl groups is 2. The Bertz CT molecular complexity index is 1440. The number of rotatable bonds is 34. The van der Waals surface area contributed by atoms with E-state index in [4.69, 9.17) is 0 Å². The largest absolute Gasteiger partial charge is 0.396 e. The Morgan fingerprint density at radius 2 is 0.583 bits per heavy atom. The van der Waals surface area contributed by atoms with E-state index in [-0.39, 0.29) is 26.3 Å². The summed E-state index contributed by atoms with van der Waals surface area (Å²) in [7, 11) is 0. The molecule has 0 spiro atoms. The monoisotopic (exact) mass is 831 g/mol. The van der Waals surface area contributed by atoms with Crippen molar-refractivity contribution >= 4 is 34.4 Å². The molecule has 0 unspecified atom stereocenters. The van der Waals surface area contributed by atoms with Crippen molar-refractivity contribution in [3.8, 4) is 0 Å². The molecule has 0 atom stereocenters. The second-order valence-corrected chi connectivity index (χ2v) is 18.9. The van der Waals surface area contributed by atoms with Gasteiger partial charge in [0.15, 0.2) is 0 Å². The molecular formula is C52H82N2O6. The minimum Gasteiger partial charge on any atom is -0.396 e. The average molecular weight is 831 g/mol. The molecule has 0 bridgehead atoms. The van der Waals surface area contributed by atoms with Crippen molar-refractivity contribution < 1.29 is 29.4 Å². The third-order valence-electron chi connectivity index (χ3n) is 14.0. The topological polar surface area (TPSA) is 115 Å². The number of aliphatic hydroxyl groups excluding tert-OH is 2. The number of hydrogen-bond acceptors (Lipinski definition) is 6. The van der Waals surface area contributed by atoms with Gasteiger partial charge in [0.25, 0.3) is 23.6 Å². The number of nitrogens with zero attached hydrogens (tertiary/aromatic N) is 2. The summed E-state index contributed by atoms with van der Waals surface area (Å²) < 4.78 is 0. The van der Waals surface area contributed by atoms with E-state index < -0.39 is 34.5 Å². The van der Waals surface area contributed by atoms with Crippen LogP contribution in [0.3, 0.4) is 0 Å². The first kappa shape index (κ1) is 49.6. The summed E-state index contributed by atoms with van der Waals surface area (Å²) in [4.78, 5) is 60.5. The zero-order chi connectivity index (χ0) is 43.4. The van der Waals surface area contributed by atoms with E-state index in [9.17, 15) is 29.4 Å². The Morgan fingerprint density at radius 1 is 0.367 bits per heavy atom. The van der Waals surface area contributed by atoms with Crippen molar-refractivity contribution in [1.82, 2.24) is 9.80 Å². The zero-order valence-electron chi connectivity index (χ0n) is 38.4. The van der Waals surface area contributed by atoms with Gasteiger partial charge in [-0.2, -0.15) is 0 Å². The van der Waals surface area contributed by atoms with E-state index >= 15 is 0 Å². The van der Waals surface area contributed by atoms with Crippen molar-refractivity contribution in [2.75, 3.05) is 26.3 Å². The summed E-state index contributed by atoms with van der Waals surface area (Å²) in [6.45, 7) is 8.92. The average Bonchev–Trinajstić information content (AvgIpc) is 3.26. The van der Waals surface area contributed by atoms with Crippen LogP contribution in [0.4, 0.5) is 0 Å². The first-order valence-electron chi connectivity index (χ1n) is 24.7. The highest BCUT2D eigenvalue weighted by Gasteiger charge is 2.44. The van der Waals surface area contributed by atoms with Gasteiger partial charge < -0.3 is 10.2 Å². The SMILES string of the molecule is CCCCCCCCC(CO)(CCCCCCCC)CN1C(=O)c2ccc3c4c(ccc(c24)C1=O)C(=O)N(CC(CO)(CCCCCCCC)CCCCCCCC)C3=O. The van der Waals surface area contributed by atoms with Crippen LogP contribution in [0.25, 0.3) is 10.8 Å². The van der Waals surface area contributed by atoms with Gasteiger partial charge in [0.05, 0.1) is 13.2 Å². The fourth-order valence-corrected chi connectivity index (χ4v) is 10.0. The maximum atomic E-state index is 14.5. The molecule has 0 radical (unpaired) electrons. The molecule has 2 aromatic rings. The fourth-order valence-electron chi connectivity index (χ4n) is 10.0. The Kier molecular flexibility index (Phi) is 21.3. The van der Waals surface area contributed by atoms with E-state index in [0.717, 1.165) is 103 Å². The molecule has 0 saturated heterocycles. The van der Waals surface area contributed by atoms with Gasteiger partial charge in [-0.3, -0.25) is 29.0 Å². The smallest absolute Gasteiger partial charge is 0.261 e. The number of carbonyl (C=O) groups is 4. The van der Waals surface area contributed by atoms with E-state index in [1.165, 1.54) is 86.8 Å². The normalized spacial score (nSPS) is 14.4. The molecule has 336 valence electrons. The van der Waals surface area contributed by atoms with E-state index in [1.54, 1.807) is 24.3 Å². The van der Waals surface area contributed by atoms with Crippen LogP contribution in [-0.4, -0.2) is 69.9 Å². The molecular weight excluding hydrogens is 749 g/mol. The summed E-state index contributed by atoms with van der Waals surface area (Å²) in [5.41, 5.74) is 0.0862. The van der Waals surface area contributed by atoms with Crippen LogP contribution < -0.4 is 0 Å². The molecule has 4 rings (SSSR count). The maximum Gasteiger partial charge on any atom is 0.261 e. The van der Waals surface area contributed by atoms with Crippen molar-refractivity contribution in [2.45, 2.75) is 207 Å². The summed E-state index contributed by atoms with van der Waals surface area (Å²) in [6.07, 6.45) is 29.9. The van der Waals surface area contributed by atoms with Crippen molar-refractivity contribution in [3.05, 3.63) is 46.5 Å². The third-order valence-corrected chi connectivity index (χ3v) is 14.0. The predicted molar refractivity (Wildman–Crippen MR) is 246 cm³/mol. The quantitative estimate of drug-likeness (QED) is 0.0536. The van der Waals surface area contributed by atoms with Gasteiger partial charge in [-0.05, 0) is 49.9 Å². The van der Waals surface area contributed by atoms with Crippen molar-refractivity contribution in [1.29, 1.82) is 0 Å². The van der Waals surface area contributed by atoms with Gasteiger partial charge in [-0.1, -0.05) is 182 Å². The maximum absolute atomic E-state index is 14.5. The molecule has 2 aliphatic rings. The first-order valence-corrected chi connectivity index (χ1v) is 24.7. The second kappa shape index (κ2) is 25.7. The van der Waals surface area contributed by atoms with Gasteiger partial charge in [-0.25, -0.2) is 0 Å². The molecule has 0 aromatic heterocycles. The highest BCUT2D eigenvalue weighted by molar-refractivity contribution is 6.33. The van der Waals surface area contributed by atoms with Crippen molar-refractivity contribution in [3.63, 3.8) is 0 Å². The van der Waals surface area contributed by atoms with Crippen LogP contribution in [0.15, 0.2) is 24.3 Å². The van der Waals surface area contributed by atoms with E-state index in [1.807, 2.05) is 0 Å². The second-order valence-electron chi connectivity index (χ2n) is 18.9. The van der Waals surface area contributed by atoms with Crippen LogP contribution >= 0.6 is 0 Å². The van der Waals surface area contributed by atoms with E-state index in [2.05, 4.69) is 27.7 Å². The first-order chi connectivity index (χ1) is 29.2. The van der Waals surface area contributed by atoms with Gasteiger partial charge in [0.1, 0.15) is 0 Å². The molecule has 8 heteroatoms. The fraction of sp³-hybridized carbons (Fsp3) is 0.731. The molecule has 60 heavy (non-hydrogen) atoms. The molecule has 2 aromatic carbocycles. The molecule has 0 saturated carbocycles. The van der Waals surface area contributed by atoms with Crippen LogP contribution in [0.5, 0.6) is 0 Å². The molecule has 4 amide bonds. The summed E-state index contributed by atoms with van der Waals surface area (Å²) >= 11 is 0. The van der Waals surface area contributed by atoms with Crippen molar-refractivity contribution in [2.24, 2.45) is 10.8 Å². The number of carbonyl (C=O) groups excluding carboxylic acids is 4. The highest BCUT2D eigenvalue weighted by atomic mass is 16.3. The molecule has 2 heterocycles. The van der Waals surface area contributed by atoms with Crippen LogP contribution in [0, 0.1) is 10.8 Å². The number of unbranched alkanes of at least 4 members (excludes halogenated alkanes) is 20. The number of imide groups is 2. The van der Waals surface area contributed by atoms with Crippen LogP contribution in [-0.2, 0) is 0 Å². The van der Waals surface area contributed by atoms with Gasteiger partial charge in [-0.15, -0.1) is 0 Å². The molecule has 2 aliphatic heterocycles.